The molecule has 0 spiro atoms. The Balaban J connectivity index is 1.92. The molecule has 114 valence electrons. The molecule has 1 heterocycles. The van der Waals surface area contributed by atoms with E-state index in [4.69, 9.17) is 0 Å². The van der Waals surface area contributed by atoms with Crippen LogP contribution in [0.15, 0.2) is 0 Å². The summed E-state index contributed by atoms with van der Waals surface area (Å²) in [6.45, 7) is 1.60. The van der Waals surface area contributed by atoms with Crippen LogP contribution in [0.4, 0.5) is 5.95 Å². The lowest BCUT2D eigenvalue weighted by molar-refractivity contribution is -0.683. The molecule has 1 saturated carbocycles. The van der Waals surface area contributed by atoms with Gasteiger partial charge in [-0.05, 0) is 50.5 Å². The molecule has 0 bridgehead atoms. The Hall–Kier alpha value is -1.69. The van der Waals surface area contributed by atoms with Crippen LogP contribution < -0.4 is 20.9 Å². The van der Waals surface area contributed by atoms with Gasteiger partial charge in [-0.1, -0.05) is 12.5 Å². The zero-order valence-corrected chi connectivity index (χ0v) is 12.8. The van der Waals surface area contributed by atoms with Gasteiger partial charge in [0.1, 0.15) is 5.35 Å². The summed E-state index contributed by atoms with van der Waals surface area (Å²) in [6.07, 6.45) is 7.76. The van der Waals surface area contributed by atoms with E-state index in [0.29, 0.717) is 17.2 Å². The van der Waals surface area contributed by atoms with Gasteiger partial charge < -0.3 is 15.4 Å². The SMILES string of the molecule is CN(C)CCNc1nc2c([n+]([O-])n1)=C1CCCCC1CC=2. The molecule has 1 aromatic rings. The predicted molar refractivity (Wildman–Crippen MR) is 81.7 cm³/mol. The van der Waals surface area contributed by atoms with Gasteiger partial charge in [-0.2, -0.15) is 0 Å². The summed E-state index contributed by atoms with van der Waals surface area (Å²) in [5.74, 6) is 0.958. The highest BCUT2D eigenvalue weighted by Crippen LogP contribution is 2.32. The predicted octanol–water partition coefficient (Wildman–Crippen LogP) is -0.391. The Kier molecular flexibility index (Phi) is 4.05. The van der Waals surface area contributed by atoms with Gasteiger partial charge in [-0.15, -0.1) is 0 Å². The van der Waals surface area contributed by atoms with Crippen molar-refractivity contribution in [2.24, 2.45) is 5.92 Å². The highest BCUT2D eigenvalue weighted by molar-refractivity contribution is 5.51. The normalized spacial score (nSPS) is 20.7. The number of aromatic nitrogens is 3. The van der Waals surface area contributed by atoms with Gasteiger partial charge in [0.2, 0.25) is 0 Å². The fraction of sp³-hybridized carbons (Fsp3) is 0.667. The molecule has 0 saturated heterocycles. The Morgan fingerprint density at radius 1 is 1.43 bits per heavy atom. The van der Waals surface area contributed by atoms with Crippen molar-refractivity contribution in [3.8, 4) is 0 Å². The van der Waals surface area contributed by atoms with E-state index < -0.39 is 0 Å². The molecular formula is C15H23N5O. The summed E-state index contributed by atoms with van der Waals surface area (Å²) in [7, 11) is 4.02. The van der Waals surface area contributed by atoms with Crippen LogP contribution in [0.5, 0.6) is 0 Å². The molecule has 6 nitrogen and oxygen atoms in total. The monoisotopic (exact) mass is 289 g/mol. The van der Waals surface area contributed by atoms with E-state index >= 15 is 0 Å². The Morgan fingerprint density at radius 2 is 2.29 bits per heavy atom. The smallest absolute Gasteiger partial charge is 0.290 e. The van der Waals surface area contributed by atoms with Crippen molar-refractivity contribution in [1.29, 1.82) is 0 Å². The molecule has 3 rings (SSSR count). The fourth-order valence-electron chi connectivity index (χ4n) is 3.23. The Labute approximate surface area is 124 Å². The van der Waals surface area contributed by atoms with Crippen molar-refractivity contribution in [3.05, 3.63) is 15.9 Å². The number of hydrogen-bond donors (Lipinski definition) is 1. The molecular weight excluding hydrogens is 266 g/mol. The molecule has 1 fully saturated rings. The van der Waals surface area contributed by atoms with Gasteiger partial charge in [0.15, 0.2) is 0 Å². The van der Waals surface area contributed by atoms with E-state index in [1.807, 2.05) is 14.1 Å². The molecule has 0 amide bonds. The zero-order valence-electron chi connectivity index (χ0n) is 12.8. The maximum Gasteiger partial charge on any atom is 0.290 e. The Bertz CT molecular complexity index is 640. The van der Waals surface area contributed by atoms with Crippen molar-refractivity contribution in [2.45, 2.75) is 32.1 Å². The summed E-state index contributed by atoms with van der Waals surface area (Å²) in [5, 5.41) is 21.0. The molecule has 0 aliphatic heterocycles. The van der Waals surface area contributed by atoms with Crippen LogP contribution in [0.3, 0.4) is 0 Å². The summed E-state index contributed by atoms with van der Waals surface area (Å²) in [5.41, 5.74) is 1.27. The van der Waals surface area contributed by atoms with Gasteiger partial charge in [0, 0.05) is 18.7 Å². The lowest BCUT2D eigenvalue weighted by atomic mass is 9.80. The minimum absolute atomic E-state index is 0.428. The van der Waals surface area contributed by atoms with E-state index in [2.05, 4.69) is 26.4 Å². The van der Waals surface area contributed by atoms with E-state index in [9.17, 15) is 5.21 Å². The second-order valence-electron chi connectivity index (χ2n) is 6.18. The topological polar surface area (TPSA) is 68.0 Å². The number of rotatable bonds is 4. The fourth-order valence-corrected chi connectivity index (χ4v) is 3.23. The standard InChI is InChI=1S/C15H23N5O/c1-19(2)10-9-16-15-17-13-8-7-11-5-3-4-6-12(11)14(13)20(21)18-15/h8,11H,3-7,9-10H2,1-2H3,(H,16,17). The first-order valence-corrected chi connectivity index (χ1v) is 7.75. The first-order chi connectivity index (χ1) is 10.1. The summed E-state index contributed by atoms with van der Waals surface area (Å²) < 4.78 is 0. The number of nitrogens with zero attached hydrogens (tertiary/aromatic N) is 4. The second-order valence-corrected chi connectivity index (χ2v) is 6.18. The minimum atomic E-state index is 0.428. The number of nitrogens with one attached hydrogen (secondary N) is 1. The molecule has 0 aromatic carbocycles. The summed E-state index contributed by atoms with van der Waals surface area (Å²) in [6, 6.07) is 0. The van der Waals surface area contributed by atoms with Gasteiger partial charge in [-0.25, -0.2) is 4.98 Å². The quantitative estimate of drug-likeness (QED) is 0.604. The van der Waals surface area contributed by atoms with Crippen LogP contribution >= 0.6 is 0 Å². The van der Waals surface area contributed by atoms with Crippen molar-refractivity contribution >= 4 is 17.6 Å². The van der Waals surface area contributed by atoms with E-state index in [1.165, 1.54) is 24.8 Å². The molecule has 1 unspecified atom stereocenters. The third kappa shape index (κ3) is 3.00. The van der Waals surface area contributed by atoms with Crippen LogP contribution in [-0.4, -0.2) is 42.2 Å². The molecule has 1 aromatic heterocycles. The number of anilines is 1. The second kappa shape index (κ2) is 5.97. The molecule has 0 radical (unpaired) electrons. The highest BCUT2D eigenvalue weighted by atomic mass is 16.5. The molecule has 6 heteroatoms. The molecule has 1 atom stereocenters. The number of hydrogen-bond acceptors (Lipinski definition) is 5. The van der Waals surface area contributed by atoms with E-state index in [1.54, 1.807) is 0 Å². The third-order valence-corrected chi connectivity index (χ3v) is 4.33. The van der Waals surface area contributed by atoms with Crippen LogP contribution in [-0.2, 0) is 0 Å². The van der Waals surface area contributed by atoms with Gasteiger partial charge in [0.05, 0.1) is 5.10 Å². The summed E-state index contributed by atoms with van der Waals surface area (Å²) >= 11 is 0. The summed E-state index contributed by atoms with van der Waals surface area (Å²) in [4.78, 5) is 7.38. The maximum atomic E-state index is 12.3. The van der Waals surface area contributed by atoms with Crippen LogP contribution in [0.1, 0.15) is 32.1 Å². The van der Waals surface area contributed by atoms with E-state index in [-0.39, 0.29) is 0 Å². The van der Waals surface area contributed by atoms with Crippen molar-refractivity contribution < 1.29 is 4.85 Å². The lowest BCUT2D eigenvalue weighted by Crippen LogP contribution is -2.60. The molecule has 21 heavy (non-hydrogen) atoms. The average molecular weight is 289 g/mol. The third-order valence-electron chi connectivity index (χ3n) is 4.33. The molecule has 2 aliphatic rings. The highest BCUT2D eigenvalue weighted by Gasteiger charge is 2.26. The largest absolute Gasteiger partial charge is 0.594 e. The lowest BCUT2D eigenvalue weighted by Gasteiger charge is -2.24. The number of likely N-dealkylation sites (N-methyl/N-ethyl adjacent to an activating group) is 1. The first kappa shape index (κ1) is 14.3. The zero-order chi connectivity index (χ0) is 14.8. The number of fused-ring (bicyclic) bond motifs is 2. The van der Waals surface area contributed by atoms with Crippen molar-refractivity contribution in [1.82, 2.24) is 15.0 Å². The molecule has 2 aliphatic carbocycles. The van der Waals surface area contributed by atoms with Crippen molar-refractivity contribution in [2.75, 3.05) is 32.5 Å². The Morgan fingerprint density at radius 3 is 3.10 bits per heavy atom. The van der Waals surface area contributed by atoms with Crippen LogP contribution in [0.2, 0.25) is 0 Å². The van der Waals surface area contributed by atoms with Gasteiger partial charge >= 0.3 is 0 Å². The van der Waals surface area contributed by atoms with Crippen molar-refractivity contribution in [3.63, 3.8) is 0 Å². The maximum absolute atomic E-state index is 12.3. The van der Waals surface area contributed by atoms with E-state index in [0.717, 1.165) is 36.1 Å². The first-order valence-electron chi connectivity index (χ1n) is 7.75. The van der Waals surface area contributed by atoms with Gasteiger partial charge in [0.25, 0.3) is 11.3 Å². The molecule has 1 N–H and O–H groups in total. The minimum Gasteiger partial charge on any atom is -0.594 e. The van der Waals surface area contributed by atoms with Gasteiger partial charge in [-0.3, -0.25) is 0 Å². The van der Waals surface area contributed by atoms with Crippen LogP contribution in [0.25, 0.3) is 11.6 Å². The average Bonchev–Trinajstić information content (AvgIpc) is 2.46. The van der Waals surface area contributed by atoms with Crippen LogP contribution in [0, 0.1) is 11.1 Å².